The van der Waals surface area contributed by atoms with Crippen molar-refractivity contribution in [3.8, 4) is 0 Å². The Hall–Kier alpha value is -2.09. The molecule has 8 rings (SSSR count). The molecule has 2 aliphatic carbocycles. The summed E-state index contributed by atoms with van der Waals surface area (Å²) >= 11 is 0. The van der Waals surface area contributed by atoms with Crippen molar-refractivity contribution in [1.82, 2.24) is 0 Å². The maximum atomic E-state index is 15.6. The Balaban J connectivity index is 1.19. The molecule has 0 amide bonds. The van der Waals surface area contributed by atoms with Gasteiger partial charge in [0.1, 0.15) is 24.4 Å². The van der Waals surface area contributed by atoms with Crippen LogP contribution < -0.4 is 10.6 Å². The Morgan fingerprint density at radius 2 is 1.38 bits per heavy atom. The molecule has 8 heteroatoms. The molecule has 3 heterocycles. The van der Waals surface area contributed by atoms with Gasteiger partial charge in [0.05, 0.1) is 6.61 Å². The van der Waals surface area contributed by atoms with Crippen LogP contribution in [0.5, 0.6) is 0 Å². The van der Waals surface area contributed by atoms with Gasteiger partial charge in [0, 0.05) is 36.3 Å². The van der Waals surface area contributed by atoms with Crippen LogP contribution in [0.4, 0.5) is 0 Å². The molecule has 42 heavy (non-hydrogen) atoms. The van der Waals surface area contributed by atoms with Gasteiger partial charge in [-0.05, 0) is 54.7 Å². The summed E-state index contributed by atoms with van der Waals surface area (Å²) in [5.74, 6) is -1.24. The summed E-state index contributed by atoms with van der Waals surface area (Å²) in [6.07, 6.45) is 7.33. The first-order chi connectivity index (χ1) is 20.6. The Morgan fingerprint density at radius 1 is 0.690 bits per heavy atom. The van der Waals surface area contributed by atoms with E-state index in [-0.39, 0.29) is 6.10 Å². The highest BCUT2D eigenvalue weighted by Gasteiger charge is 2.63. The molecule has 0 aromatic heterocycles. The molecule has 6 atom stereocenters. The summed E-state index contributed by atoms with van der Waals surface area (Å²) in [4.78, 5) is 0. The fourth-order valence-corrected chi connectivity index (χ4v) is 10.2. The lowest BCUT2D eigenvalue weighted by Gasteiger charge is -2.36. The van der Waals surface area contributed by atoms with Crippen LogP contribution in [0.2, 0.25) is 0 Å². The molecule has 2 spiro atoms. The van der Waals surface area contributed by atoms with Crippen LogP contribution in [0.1, 0.15) is 64.2 Å². The van der Waals surface area contributed by atoms with Gasteiger partial charge in [-0.2, -0.15) is 0 Å². The van der Waals surface area contributed by atoms with E-state index in [0.29, 0.717) is 17.2 Å². The SMILES string of the molecule is O=P(O[C@@H]1[C@H]2OC3(CCCCC3)O[C@H]2O[C@@H]1[C@@H]1COC2(CCCCC2)O1)(c1ccccc1)c1cccc2ccccc12. The molecular formula is C34H39O7P. The number of hydrogen-bond donors (Lipinski definition) is 0. The fourth-order valence-electron chi connectivity index (χ4n) is 7.71. The Morgan fingerprint density at radius 3 is 2.17 bits per heavy atom. The van der Waals surface area contributed by atoms with Crippen LogP contribution in [0.3, 0.4) is 0 Å². The first-order valence-electron chi connectivity index (χ1n) is 15.7. The molecule has 0 N–H and O–H groups in total. The quantitative estimate of drug-likeness (QED) is 0.322. The Labute approximate surface area is 247 Å². The van der Waals surface area contributed by atoms with E-state index >= 15 is 4.57 Å². The molecule has 3 aliphatic heterocycles. The van der Waals surface area contributed by atoms with E-state index in [1.807, 2.05) is 72.8 Å². The summed E-state index contributed by atoms with van der Waals surface area (Å²) in [6.45, 7) is 0.402. The molecule has 5 fully saturated rings. The predicted octanol–water partition coefficient (Wildman–Crippen LogP) is 6.33. The molecule has 5 aliphatic rings. The summed E-state index contributed by atoms with van der Waals surface area (Å²) in [7, 11) is -3.65. The van der Waals surface area contributed by atoms with Gasteiger partial charge in [0.25, 0.3) is 7.37 Å². The van der Waals surface area contributed by atoms with Crippen molar-refractivity contribution in [2.45, 2.75) is 106 Å². The fraction of sp³-hybridized carbons (Fsp3) is 0.529. The normalized spacial score (nSPS) is 33.2. The molecule has 7 nitrogen and oxygen atoms in total. The molecule has 2 saturated carbocycles. The second kappa shape index (κ2) is 10.8. The van der Waals surface area contributed by atoms with E-state index in [2.05, 4.69) is 0 Å². The van der Waals surface area contributed by atoms with E-state index in [4.69, 9.17) is 28.2 Å². The first kappa shape index (κ1) is 27.5. The predicted molar refractivity (Wildman–Crippen MR) is 159 cm³/mol. The van der Waals surface area contributed by atoms with Gasteiger partial charge in [0.2, 0.25) is 0 Å². The van der Waals surface area contributed by atoms with E-state index in [9.17, 15) is 0 Å². The molecule has 3 aromatic carbocycles. The van der Waals surface area contributed by atoms with Gasteiger partial charge in [-0.1, -0.05) is 67.4 Å². The van der Waals surface area contributed by atoms with Crippen LogP contribution in [0.25, 0.3) is 10.8 Å². The highest BCUT2D eigenvalue weighted by molar-refractivity contribution is 7.74. The number of benzene rings is 3. The minimum absolute atomic E-state index is 0.370. The third-order valence-electron chi connectivity index (χ3n) is 9.81. The number of fused-ring (bicyclic) bond motifs is 2. The minimum Gasteiger partial charge on any atom is -0.347 e. The Bertz CT molecular complexity index is 1460. The van der Waals surface area contributed by atoms with E-state index < -0.39 is 43.5 Å². The van der Waals surface area contributed by atoms with Crippen LogP contribution in [0, 0.1) is 0 Å². The zero-order chi connectivity index (χ0) is 28.2. The van der Waals surface area contributed by atoms with Crippen molar-refractivity contribution in [2.75, 3.05) is 6.61 Å². The van der Waals surface area contributed by atoms with Gasteiger partial charge in [-0.15, -0.1) is 0 Å². The smallest absolute Gasteiger partial charge is 0.262 e. The zero-order valence-electron chi connectivity index (χ0n) is 23.9. The Kier molecular flexibility index (Phi) is 7.07. The summed E-state index contributed by atoms with van der Waals surface area (Å²) < 4.78 is 55.6. The van der Waals surface area contributed by atoms with Crippen LogP contribution >= 0.6 is 7.37 Å². The van der Waals surface area contributed by atoms with E-state index in [1.165, 1.54) is 12.8 Å². The monoisotopic (exact) mass is 590 g/mol. The van der Waals surface area contributed by atoms with Gasteiger partial charge in [0.15, 0.2) is 17.9 Å². The highest BCUT2D eigenvalue weighted by Crippen LogP contribution is 2.54. The van der Waals surface area contributed by atoms with Crippen molar-refractivity contribution in [1.29, 1.82) is 0 Å². The van der Waals surface area contributed by atoms with Crippen LogP contribution in [0.15, 0.2) is 72.8 Å². The third-order valence-corrected chi connectivity index (χ3v) is 12.4. The number of hydrogen-bond acceptors (Lipinski definition) is 7. The maximum Gasteiger partial charge on any atom is 0.262 e. The molecule has 1 unspecified atom stereocenters. The minimum atomic E-state index is -3.65. The number of rotatable bonds is 5. The van der Waals surface area contributed by atoms with Crippen LogP contribution in [-0.2, 0) is 32.8 Å². The molecule has 3 aromatic rings. The van der Waals surface area contributed by atoms with Crippen molar-refractivity contribution in [2.24, 2.45) is 0 Å². The van der Waals surface area contributed by atoms with Crippen molar-refractivity contribution in [3.05, 3.63) is 72.8 Å². The third kappa shape index (κ3) is 4.69. The molecule has 222 valence electrons. The summed E-state index contributed by atoms with van der Waals surface area (Å²) in [6, 6.07) is 23.5. The topological polar surface area (TPSA) is 72.5 Å². The molecule has 0 bridgehead atoms. The highest BCUT2D eigenvalue weighted by atomic mass is 31.2. The lowest BCUT2D eigenvalue weighted by Crippen LogP contribution is -2.46. The van der Waals surface area contributed by atoms with E-state index in [1.54, 1.807) is 0 Å². The largest absolute Gasteiger partial charge is 0.347 e. The van der Waals surface area contributed by atoms with E-state index in [0.717, 1.165) is 62.1 Å². The molecule has 3 saturated heterocycles. The molecular weight excluding hydrogens is 551 g/mol. The van der Waals surface area contributed by atoms with Crippen LogP contribution in [-0.4, -0.2) is 48.9 Å². The lowest BCUT2D eigenvalue weighted by molar-refractivity contribution is -0.258. The summed E-state index contributed by atoms with van der Waals surface area (Å²) in [5.41, 5.74) is 0. The lowest BCUT2D eigenvalue weighted by atomic mass is 9.94. The van der Waals surface area contributed by atoms with Gasteiger partial charge < -0.3 is 28.2 Å². The van der Waals surface area contributed by atoms with Gasteiger partial charge in [-0.25, -0.2) is 0 Å². The number of ether oxygens (including phenoxy) is 5. The molecule has 0 radical (unpaired) electrons. The second-order valence-electron chi connectivity index (χ2n) is 12.5. The maximum absolute atomic E-state index is 15.6. The van der Waals surface area contributed by atoms with Crippen molar-refractivity contribution in [3.63, 3.8) is 0 Å². The second-order valence-corrected chi connectivity index (χ2v) is 14.8. The van der Waals surface area contributed by atoms with Gasteiger partial charge >= 0.3 is 0 Å². The van der Waals surface area contributed by atoms with Gasteiger partial charge in [-0.3, -0.25) is 4.57 Å². The average Bonchev–Trinajstić information content (AvgIpc) is 3.69. The standard InChI is InChI=1S/C34H39O7P/c35-42(25-15-4-1-5-16-25,28-18-12-14-24-13-6-7-17-26(24)28)41-30-29(27-23-36-33(38-27)19-8-2-9-20-33)37-32-31(30)39-34(40-32)21-10-3-11-22-34/h1,4-7,12-18,27,29-32H,2-3,8-11,19-23H2/t27-,29+,30-,31+,32+,42?/m0/s1. The average molecular weight is 591 g/mol. The zero-order valence-corrected chi connectivity index (χ0v) is 24.8. The summed E-state index contributed by atoms with van der Waals surface area (Å²) in [5, 5.41) is 3.24. The van der Waals surface area contributed by atoms with Crippen molar-refractivity contribution < 1.29 is 32.8 Å². The first-order valence-corrected chi connectivity index (χ1v) is 17.3. The van der Waals surface area contributed by atoms with Crippen molar-refractivity contribution >= 4 is 28.8 Å².